The van der Waals surface area contributed by atoms with Crippen LogP contribution in [0.1, 0.15) is 46.0 Å². The Morgan fingerprint density at radius 2 is 1.69 bits per heavy atom. The van der Waals surface area contributed by atoms with Crippen molar-refractivity contribution in [3.8, 4) is 5.69 Å². The topological polar surface area (TPSA) is 46.0 Å². The largest absolute Gasteiger partial charge is 0.416 e. The fourth-order valence-corrected chi connectivity index (χ4v) is 5.19. The van der Waals surface area contributed by atoms with E-state index < -0.39 is 11.7 Å². The Balaban J connectivity index is 1.62. The number of nitrogens with one attached hydrogen (secondary N) is 1. The van der Waals surface area contributed by atoms with E-state index >= 15 is 0 Å². The summed E-state index contributed by atoms with van der Waals surface area (Å²) in [4.78, 5) is 11.1. The van der Waals surface area contributed by atoms with Crippen LogP contribution in [0.15, 0.2) is 79.1 Å². The van der Waals surface area contributed by atoms with Crippen molar-refractivity contribution in [2.24, 2.45) is 0 Å². The Bertz CT molecular complexity index is 1390. The fourth-order valence-electron chi connectivity index (χ4n) is 4.89. The zero-order valence-electron chi connectivity index (χ0n) is 19.7. The van der Waals surface area contributed by atoms with Crippen molar-refractivity contribution < 1.29 is 13.2 Å². The van der Waals surface area contributed by atoms with E-state index in [0.29, 0.717) is 17.3 Å². The van der Waals surface area contributed by atoms with Gasteiger partial charge in [-0.25, -0.2) is 0 Å². The molecule has 1 aliphatic heterocycles. The van der Waals surface area contributed by atoms with Crippen molar-refractivity contribution in [2.75, 3.05) is 0 Å². The molecular weight excluding hydrogens is 483 g/mol. The minimum absolute atomic E-state index is 0.236. The van der Waals surface area contributed by atoms with Gasteiger partial charge in [0.2, 0.25) is 0 Å². The molecule has 0 aliphatic carbocycles. The highest BCUT2D eigenvalue weighted by atomic mass is 32.1. The lowest BCUT2D eigenvalue weighted by Gasteiger charge is -2.28. The molecule has 0 saturated carbocycles. The quantitative estimate of drug-likeness (QED) is 0.332. The maximum absolute atomic E-state index is 13.4. The highest BCUT2D eigenvalue weighted by molar-refractivity contribution is 7.80. The molecule has 2 atom stereocenters. The third-order valence-corrected chi connectivity index (χ3v) is 6.83. The summed E-state index contributed by atoms with van der Waals surface area (Å²) in [5, 5.41) is 4.00. The van der Waals surface area contributed by atoms with Crippen LogP contribution in [0.4, 0.5) is 13.2 Å². The first-order valence-corrected chi connectivity index (χ1v) is 11.9. The number of pyridine rings is 2. The molecule has 0 radical (unpaired) electrons. The molecule has 0 bridgehead atoms. The maximum atomic E-state index is 13.4. The lowest BCUT2D eigenvalue weighted by atomic mass is 9.96. The number of aromatic nitrogens is 3. The Hall–Kier alpha value is -3.72. The molecule has 1 fully saturated rings. The van der Waals surface area contributed by atoms with Crippen LogP contribution >= 0.6 is 12.2 Å². The molecule has 5 rings (SSSR count). The van der Waals surface area contributed by atoms with Gasteiger partial charge >= 0.3 is 6.18 Å². The van der Waals surface area contributed by atoms with E-state index in [1.165, 1.54) is 12.1 Å². The maximum Gasteiger partial charge on any atom is 0.416 e. The zero-order chi connectivity index (χ0) is 25.4. The molecule has 2 unspecified atom stereocenters. The van der Waals surface area contributed by atoms with Crippen molar-refractivity contribution in [3.05, 3.63) is 113 Å². The van der Waals surface area contributed by atoms with Gasteiger partial charge in [-0.3, -0.25) is 9.97 Å². The number of hydrogen-bond donors (Lipinski definition) is 1. The molecule has 4 aromatic rings. The van der Waals surface area contributed by atoms with Crippen LogP contribution in [0.2, 0.25) is 0 Å². The van der Waals surface area contributed by atoms with E-state index in [4.69, 9.17) is 12.2 Å². The van der Waals surface area contributed by atoms with Gasteiger partial charge in [-0.05, 0) is 80.2 Å². The third kappa shape index (κ3) is 4.46. The summed E-state index contributed by atoms with van der Waals surface area (Å²) in [6.45, 7) is 4.31. The molecule has 184 valence electrons. The van der Waals surface area contributed by atoms with E-state index in [1.807, 2.05) is 60.9 Å². The van der Waals surface area contributed by atoms with Crippen LogP contribution in [0, 0.1) is 13.8 Å². The zero-order valence-corrected chi connectivity index (χ0v) is 20.5. The second-order valence-corrected chi connectivity index (χ2v) is 9.17. The molecule has 0 spiro atoms. The van der Waals surface area contributed by atoms with Crippen molar-refractivity contribution in [1.82, 2.24) is 24.8 Å². The van der Waals surface area contributed by atoms with Gasteiger partial charge < -0.3 is 14.8 Å². The smallest absolute Gasteiger partial charge is 0.352 e. The first-order valence-electron chi connectivity index (χ1n) is 11.5. The van der Waals surface area contributed by atoms with Crippen molar-refractivity contribution in [3.63, 3.8) is 0 Å². The number of hydrogen-bond acceptors (Lipinski definition) is 3. The molecule has 0 amide bonds. The van der Waals surface area contributed by atoms with Gasteiger partial charge in [-0.2, -0.15) is 13.2 Å². The molecule has 3 aromatic heterocycles. The molecule has 1 aromatic carbocycles. The molecular formula is C27H24F3N5S. The first kappa shape index (κ1) is 24.0. The predicted octanol–water partition coefficient (Wildman–Crippen LogP) is 6.08. The predicted molar refractivity (Wildman–Crippen MR) is 135 cm³/mol. The van der Waals surface area contributed by atoms with Gasteiger partial charge in [0.05, 0.1) is 35.6 Å². The number of aryl methyl sites for hydroxylation is 1. The third-order valence-electron chi connectivity index (χ3n) is 6.48. The second kappa shape index (κ2) is 9.39. The van der Waals surface area contributed by atoms with E-state index in [2.05, 4.69) is 20.2 Å². The van der Waals surface area contributed by atoms with Crippen molar-refractivity contribution in [1.29, 1.82) is 0 Å². The summed E-state index contributed by atoms with van der Waals surface area (Å²) in [7, 11) is 0. The van der Waals surface area contributed by atoms with Gasteiger partial charge in [-0.15, -0.1) is 0 Å². The minimum Gasteiger partial charge on any atom is -0.352 e. The number of nitrogens with zero attached hydrogens (tertiary/aromatic N) is 4. The van der Waals surface area contributed by atoms with Crippen LogP contribution in [-0.4, -0.2) is 24.5 Å². The number of thiocarbonyl (C=S) groups is 1. The summed E-state index contributed by atoms with van der Waals surface area (Å²) >= 11 is 5.76. The highest BCUT2D eigenvalue weighted by Crippen LogP contribution is 2.42. The van der Waals surface area contributed by atoms with Gasteiger partial charge in [0.15, 0.2) is 5.11 Å². The van der Waals surface area contributed by atoms with E-state index in [-0.39, 0.29) is 12.1 Å². The average molecular weight is 508 g/mol. The van der Waals surface area contributed by atoms with Gasteiger partial charge in [0.25, 0.3) is 0 Å². The van der Waals surface area contributed by atoms with Gasteiger partial charge in [0, 0.05) is 29.5 Å². The normalized spacial score (nSPS) is 17.9. The van der Waals surface area contributed by atoms with E-state index in [1.54, 1.807) is 18.5 Å². The first-order chi connectivity index (χ1) is 17.2. The summed E-state index contributed by atoms with van der Waals surface area (Å²) < 4.78 is 42.1. The van der Waals surface area contributed by atoms with Gasteiger partial charge in [0.1, 0.15) is 0 Å². The summed E-state index contributed by atoms with van der Waals surface area (Å²) in [6, 6.07) is 18.4. The summed E-state index contributed by atoms with van der Waals surface area (Å²) in [5.74, 6) is 0. The number of alkyl halides is 3. The monoisotopic (exact) mass is 507 g/mol. The Kier molecular flexibility index (Phi) is 6.26. The summed E-state index contributed by atoms with van der Waals surface area (Å²) in [6.07, 6.45) is -0.935. The molecule has 1 saturated heterocycles. The Labute approximate surface area is 212 Å². The molecule has 9 heteroatoms. The number of halogens is 3. The van der Waals surface area contributed by atoms with E-state index in [9.17, 15) is 13.2 Å². The standard InChI is InChI=1S/C27H24F3N5S/c1-17-14-22(18(2)35(17)21-10-7-8-19(15-21)27(28,29)30)25-24(23-11-4-6-13-32-23)33-26(36)34(25)16-20-9-3-5-12-31-20/h3-15,24-25H,16H2,1-2H3,(H,33,36). The van der Waals surface area contributed by atoms with E-state index in [0.717, 1.165) is 34.4 Å². The Morgan fingerprint density at radius 1 is 0.944 bits per heavy atom. The van der Waals surface area contributed by atoms with Crippen LogP contribution in [0.3, 0.4) is 0 Å². The van der Waals surface area contributed by atoms with Crippen molar-refractivity contribution >= 4 is 17.3 Å². The molecule has 5 nitrogen and oxygen atoms in total. The van der Waals surface area contributed by atoms with Crippen LogP contribution in [-0.2, 0) is 12.7 Å². The van der Waals surface area contributed by atoms with Crippen LogP contribution < -0.4 is 5.32 Å². The van der Waals surface area contributed by atoms with Crippen molar-refractivity contribution in [2.45, 2.75) is 38.7 Å². The lowest BCUT2D eigenvalue weighted by Crippen LogP contribution is -2.29. The minimum atomic E-state index is -4.42. The molecule has 4 heterocycles. The molecule has 1 N–H and O–H groups in total. The second-order valence-electron chi connectivity index (χ2n) is 8.79. The fraction of sp³-hybridized carbons (Fsp3) is 0.222. The number of rotatable bonds is 5. The SMILES string of the molecule is Cc1cc(C2C(c3ccccn3)NC(=S)N2Cc2ccccn2)c(C)n1-c1cccc(C(F)(F)F)c1. The summed E-state index contributed by atoms with van der Waals surface area (Å²) in [5.41, 5.74) is 4.11. The average Bonchev–Trinajstić information content (AvgIpc) is 3.34. The highest BCUT2D eigenvalue weighted by Gasteiger charge is 2.41. The van der Waals surface area contributed by atoms with Crippen LogP contribution in [0.25, 0.3) is 5.69 Å². The van der Waals surface area contributed by atoms with Crippen LogP contribution in [0.5, 0.6) is 0 Å². The molecule has 1 aliphatic rings. The lowest BCUT2D eigenvalue weighted by molar-refractivity contribution is -0.137. The van der Waals surface area contributed by atoms with Gasteiger partial charge in [-0.1, -0.05) is 18.2 Å². The number of benzene rings is 1. The Morgan fingerprint density at radius 3 is 2.36 bits per heavy atom. The molecule has 36 heavy (non-hydrogen) atoms.